The zero-order valence-corrected chi connectivity index (χ0v) is 14.3. The zero-order valence-electron chi connectivity index (χ0n) is 11.9. The highest BCUT2D eigenvalue weighted by molar-refractivity contribution is 6.28. The van der Waals surface area contributed by atoms with E-state index in [-0.39, 0.29) is 24.8 Å². The second-order valence-corrected chi connectivity index (χ2v) is 5.70. The van der Waals surface area contributed by atoms with Gasteiger partial charge in [0, 0.05) is 39.4 Å². The predicted molar refractivity (Wildman–Crippen MR) is 88.9 cm³/mol. The van der Waals surface area contributed by atoms with E-state index in [1.165, 1.54) is 0 Å². The summed E-state index contributed by atoms with van der Waals surface area (Å²) < 4.78 is 11.2. The molecule has 0 radical (unpaired) electrons. The highest BCUT2D eigenvalue weighted by atomic mass is 35.5. The van der Waals surface area contributed by atoms with Gasteiger partial charge in [-0.05, 0) is 42.5 Å². The minimum atomic E-state index is 0. The fraction of sp³-hybridized carbons (Fsp3) is 0.714. The first-order valence-electron chi connectivity index (χ1n) is 7.12. The Balaban J connectivity index is 0.00000110. The Morgan fingerprint density at radius 1 is 1.14 bits per heavy atom. The van der Waals surface area contributed by atoms with Crippen molar-refractivity contribution < 1.29 is 9.15 Å². The number of nitrogens with one attached hydrogen (secondary N) is 1. The molecule has 2 aliphatic rings. The molecule has 0 bridgehead atoms. The van der Waals surface area contributed by atoms with Crippen LogP contribution in [0.15, 0.2) is 16.5 Å². The second-order valence-electron chi connectivity index (χ2n) is 5.32. The van der Waals surface area contributed by atoms with Gasteiger partial charge < -0.3 is 14.5 Å². The lowest BCUT2D eigenvalue weighted by atomic mass is 9.88. The lowest BCUT2D eigenvalue weighted by Gasteiger charge is -2.39. The van der Waals surface area contributed by atoms with Gasteiger partial charge in [0.15, 0.2) is 5.22 Å². The number of piperazine rings is 1. The monoisotopic (exact) mass is 356 g/mol. The average molecular weight is 358 g/mol. The smallest absolute Gasteiger partial charge is 0.193 e. The highest BCUT2D eigenvalue weighted by Gasteiger charge is 2.33. The maximum Gasteiger partial charge on any atom is 0.193 e. The molecule has 1 N–H and O–H groups in total. The molecule has 0 aromatic carbocycles. The van der Waals surface area contributed by atoms with Crippen LogP contribution in [0.5, 0.6) is 0 Å². The number of hydrogen-bond donors (Lipinski definition) is 1. The van der Waals surface area contributed by atoms with Crippen molar-refractivity contribution in [3.05, 3.63) is 23.1 Å². The molecule has 0 amide bonds. The van der Waals surface area contributed by atoms with E-state index in [0.29, 0.717) is 17.2 Å². The molecule has 1 aromatic rings. The van der Waals surface area contributed by atoms with E-state index in [1.807, 2.05) is 12.1 Å². The van der Waals surface area contributed by atoms with Gasteiger partial charge in [0.2, 0.25) is 0 Å². The Kier molecular flexibility index (Phi) is 8.39. The molecule has 2 fully saturated rings. The van der Waals surface area contributed by atoms with Gasteiger partial charge in [0.05, 0.1) is 6.04 Å². The SMILES string of the molecule is Cl.Cl.Clc1ccc([C@H](C2CCOCC2)N2CCNCC2)o1. The van der Waals surface area contributed by atoms with Crippen LogP contribution in [0.3, 0.4) is 0 Å². The van der Waals surface area contributed by atoms with E-state index in [0.717, 1.165) is 58.0 Å². The molecule has 1 atom stereocenters. The molecule has 0 spiro atoms. The number of ether oxygens (including phenoxy) is 1. The van der Waals surface area contributed by atoms with Crippen LogP contribution in [0.4, 0.5) is 0 Å². The van der Waals surface area contributed by atoms with E-state index in [9.17, 15) is 0 Å². The summed E-state index contributed by atoms with van der Waals surface area (Å²) in [6.07, 6.45) is 2.21. The molecule has 122 valence electrons. The van der Waals surface area contributed by atoms with Crippen molar-refractivity contribution in [2.45, 2.75) is 18.9 Å². The molecule has 3 heterocycles. The molecular formula is C14H23Cl3N2O2. The van der Waals surface area contributed by atoms with Crippen LogP contribution < -0.4 is 5.32 Å². The first kappa shape index (κ1) is 19.1. The molecule has 7 heteroatoms. The topological polar surface area (TPSA) is 37.6 Å². The van der Waals surface area contributed by atoms with E-state index in [2.05, 4.69) is 10.2 Å². The molecule has 1 aromatic heterocycles. The Bertz CT molecular complexity index is 387. The summed E-state index contributed by atoms with van der Waals surface area (Å²) in [7, 11) is 0. The number of nitrogens with zero attached hydrogens (tertiary/aromatic N) is 1. The Hall–Kier alpha value is 0.0300. The Labute approximate surface area is 143 Å². The summed E-state index contributed by atoms with van der Waals surface area (Å²) in [6, 6.07) is 4.23. The van der Waals surface area contributed by atoms with Crippen LogP contribution in [-0.4, -0.2) is 44.3 Å². The molecule has 21 heavy (non-hydrogen) atoms. The fourth-order valence-corrected chi connectivity index (χ4v) is 3.34. The number of hydrogen-bond acceptors (Lipinski definition) is 4. The van der Waals surface area contributed by atoms with E-state index >= 15 is 0 Å². The summed E-state index contributed by atoms with van der Waals surface area (Å²) in [5.41, 5.74) is 0. The van der Waals surface area contributed by atoms with E-state index in [1.54, 1.807) is 0 Å². The Morgan fingerprint density at radius 2 is 1.81 bits per heavy atom. The van der Waals surface area contributed by atoms with Crippen molar-refractivity contribution in [3.63, 3.8) is 0 Å². The molecule has 4 nitrogen and oxygen atoms in total. The summed E-state index contributed by atoms with van der Waals surface area (Å²) >= 11 is 5.96. The zero-order chi connectivity index (χ0) is 13.1. The molecule has 0 unspecified atom stereocenters. The van der Waals surface area contributed by atoms with Crippen LogP contribution in [0, 0.1) is 5.92 Å². The van der Waals surface area contributed by atoms with Gasteiger partial charge >= 0.3 is 0 Å². The van der Waals surface area contributed by atoms with Crippen LogP contribution in [0.25, 0.3) is 0 Å². The summed E-state index contributed by atoms with van der Waals surface area (Å²) in [4.78, 5) is 2.53. The van der Waals surface area contributed by atoms with E-state index in [4.69, 9.17) is 20.8 Å². The number of rotatable bonds is 3. The molecular weight excluding hydrogens is 335 g/mol. The van der Waals surface area contributed by atoms with Gasteiger partial charge in [-0.15, -0.1) is 24.8 Å². The van der Waals surface area contributed by atoms with Gasteiger partial charge in [-0.3, -0.25) is 4.90 Å². The first-order chi connectivity index (χ1) is 9.34. The van der Waals surface area contributed by atoms with Crippen LogP contribution in [0.2, 0.25) is 5.22 Å². The second kappa shape index (κ2) is 9.23. The van der Waals surface area contributed by atoms with Crippen LogP contribution in [-0.2, 0) is 4.74 Å². The van der Waals surface area contributed by atoms with Gasteiger partial charge in [-0.1, -0.05) is 0 Å². The summed E-state index contributed by atoms with van der Waals surface area (Å²) in [5, 5.41) is 3.89. The van der Waals surface area contributed by atoms with Crippen LogP contribution in [0.1, 0.15) is 24.6 Å². The van der Waals surface area contributed by atoms with Crippen molar-refractivity contribution in [3.8, 4) is 0 Å². The van der Waals surface area contributed by atoms with Gasteiger partial charge in [0.25, 0.3) is 0 Å². The predicted octanol–water partition coefficient (Wildman–Crippen LogP) is 3.15. The molecule has 0 aliphatic carbocycles. The number of furan rings is 1. The lowest BCUT2D eigenvalue weighted by molar-refractivity contribution is 0.0149. The molecule has 0 saturated carbocycles. The largest absolute Gasteiger partial charge is 0.448 e. The summed E-state index contributed by atoms with van der Waals surface area (Å²) in [5.74, 6) is 1.62. The minimum absolute atomic E-state index is 0. The molecule has 2 saturated heterocycles. The van der Waals surface area contributed by atoms with Crippen molar-refractivity contribution >= 4 is 36.4 Å². The van der Waals surface area contributed by atoms with Gasteiger partial charge in [-0.25, -0.2) is 0 Å². The summed E-state index contributed by atoms with van der Waals surface area (Å²) in [6.45, 7) is 5.96. The van der Waals surface area contributed by atoms with Crippen LogP contribution >= 0.6 is 36.4 Å². The van der Waals surface area contributed by atoms with Crippen molar-refractivity contribution in [2.75, 3.05) is 39.4 Å². The molecule has 3 rings (SSSR count). The van der Waals surface area contributed by atoms with Crippen molar-refractivity contribution in [2.24, 2.45) is 5.92 Å². The quantitative estimate of drug-likeness (QED) is 0.902. The Morgan fingerprint density at radius 3 is 2.38 bits per heavy atom. The fourth-order valence-electron chi connectivity index (χ4n) is 3.19. The highest BCUT2D eigenvalue weighted by Crippen LogP contribution is 2.36. The lowest BCUT2D eigenvalue weighted by Crippen LogP contribution is -2.47. The first-order valence-corrected chi connectivity index (χ1v) is 7.50. The maximum atomic E-state index is 5.96. The third-order valence-corrected chi connectivity index (χ3v) is 4.35. The third kappa shape index (κ3) is 4.75. The van der Waals surface area contributed by atoms with Gasteiger partial charge in [0.1, 0.15) is 5.76 Å². The molecule has 2 aliphatic heterocycles. The third-order valence-electron chi connectivity index (χ3n) is 4.14. The normalized spacial score (nSPS) is 22.1. The average Bonchev–Trinajstić information content (AvgIpc) is 2.88. The minimum Gasteiger partial charge on any atom is -0.448 e. The van der Waals surface area contributed by atoms with Crippen molar-refractivity contribution in [1.29, 1.82) is 0 Å². The maximum absolute atomic E-state index is 5.96. The van der Waals surface area contributed by atoms with E-state index < -0.39 is 0 Å². The van der Waals surface area contributed by atoms with Crippen molar-refractivity contribution in [1.82, 2.24) is 10.2 Å². The van der Waals surface area contributed by atoms with Gasteiger partial charge in [-0.2, -0.15) is 0 Å². The number of halogens is 3. The standard InChI is InChI=1S/C14H21ClN2O2.2ClH/c15-13-2-1-12(19-13)14(11-3-9-18-10-4-11)17-7-5-16-6-8-17;;/h1-2,11,14,16H,3-10H2;2*1H/t14-;;/m0../s1.